The van der Waals surface area contributed by atoms with Gasteiger partial charge in [-0.25, -0.2) is 12.8 Å². The lowest BCUT2D eigenvalue weighted by Gasteiger charge is -2.32. The molecular formula is C30H36FN3O4S. The average molecular weight is 554 g/mol. The Hall–Kier alpha value is -3.72. The van der Waals surface area contributed by atoms with Crippen LogP contribution in [0.25, 0.3) is 0 Å². The molecule has 0 radical (unpaired) electrons. The summed E-state index contributed by atoms with van der Waals surface area (Å²) in [7, 11) is -4.16. The van der Waals surface area contributed by atoms with Gasteiger partial charge in [0.25, 0.3) is 10.0 Å². The predicted molar refractivity (Wildman–Crippen MR) is 151 cm³/mol. The maximum absolute atomic E-state index is 14.6. The van der Waals surface area contributed by atoms with Crippen LogP contribution >= 0.6 is 0 Å². The van der Waals surface area contributed by atoms with E-state index < -0.39 is 40.2 Å². The third-order valence-corrected chi connectivity index (χ3v) is 8.31. The summed E-state index contributed by atoms with van der Waals surface area (Å²) in [6.07, 6.45) is 1.66. The second kappa shape index (κ2) is 13.4. The number of anilines is 1. The fourth-order valence-electron chi connectivity index (χ4n) is 4.15. The molecule has 208 valence electrons. The quantitative estimate of drug-likeness (QED) is 0.321. The second-order valence-electron chi connectivity index (χ2n) is 9.55. The van der Waals surface area contributed by atoms with Crippen LogP contribution in [0.4, 0.5) is 10.1 Å². The van der Waals surface area contributed by atoms with E-state index in [2.05, 4.69) is 5.32 Å². The van der Waals surface area contributed by atoms with Crippen molar-refractivity contribution in [2.75, 3.05) is 17.4 Å². The molecule has 0 aliphatic heterocycles. The molecule has 3 aromatic rings. The number of carbonyl (C=O) groups is 2. The van der Waals surface area contributed by atoms with E-state index >= 15 is 0 Å². The number of hydrogen-bond acceptors (Lipinski definition) is 4. The van der Waals surface area contributed by atoms with E-state index in [1.807, 2.05) is 19.9 Å². The van der Waals surface area contributed by atoms with Crippen LogP contribution in [0.2, 0.25) is 0 Å². The lowest BCUT2D eigenvalue weighted by molar-refractivity contribution is -0.139. The Labute approximate surface area is 230 Å². The second-order valence-corrected chi connectivity index (χ2v) is 11.4. The summed E-state index contributed by atoms with van der Waals surface area (Å²) in [5.41, 5.74) is 2.07. The van der Waals surface area contributed by atoms with E-state index in [9.17, 15) is 22.4 Å². The Morgan fingerprint density at radius 3 is 2.31 bits per heavy atom. The lowest BCUT2D eigenvalue weighted by Crippen LogP contribution is -2.51. The molecule has 0 fully saturated rings. The normalized spacial score (nSPS) is 12.0. The fourth-order valence-corrected chi connectivity index (χ4v) is 5.64. The first-order chi connectivity index (χ1) is 18.6. The molecule has 0 saturated carbocycles. The molecule has 0 spiro atoms. The van der Waals surface area contributed by atoms with Crippen molar-refractivity contribution in [2.45, 2.75) is 58.0 Å². The average Bonchev–Trinajstić information content (AvgIpc) is 2.92. The highest BCUT2D eigenvalue weighted by Crippen LogP contribution is 2.28. The number of aryl methyl sites for hydroxylation is 2. The highest BCUT2D eigenvalue weighted by Gasteiger charge is 2.33. The third-order valence-electron chi connectivity index (χ3n) is 6.54. The molecular weight excluding hydrogens is 517 g/mol. The summed E-state index contributed by atoms with van der Waals surface area (Å²) < 4.78 is 43.4. The Morgan fingerprint density at radius 1 is 0.974 bits per heavy atom. The van der Waals surface area contributed by atoms with Crippen LogP contribution in [0.3, 0.4) is 0 Å². The van der Waals surface area contributed by atoms with Crippen molar-refractivity contribution in [2.24, 2.45) is 0 Å². The summed E-state index contributed by atoms with van der Waals surface area (Å²) in [5.74, 6) is -1.54. The summed E-state index contributed by atoms with van der Waals surface area (Å²) in [6, 6.07) is 18.3. The first-order valence-electron chi connectivity index (χ1n) is 13.0. The maximum Gasteiger partial charge on any atom is 0.264 e. The molecule has 3 aromatic carbocycles. The molecule has 7 nitrogen and oxygen atoms in total. The van der Waals surface area contributed by atoms with Gasteiger partial charge < -0.3 is 10.2 Å². The minimum Gasteiger partial charge on any atom is -0.354 e. The zero-order valence-electron chi connectivity index (χ0n) is 22.9. The van der Waals surface area contributed by atoms with Crippen molar-refractivity contribution in [1.82, 2.24) is 10.2 Å². The number of carbonyl (C=O) groups excluding carboxylic acids is 2. The van der Waals surface area contributed by atoms with Crippen LogP contribution in [-0.4, -0.2) is 44.3 Å². The molecule has 0 bridgehead atoms. The van der Waals surface area contributed by atoms with E-state index in [0.717, 1.165) is 22.7 Å². The number of benzene rings is 3. The van der Waals surface area contributed by atoms with Gasteiger partial charge in [0.15, 0.2) is 0 Å². The minimum absolute atomic E-state index is 0.0321. The molecule has 39 heavy (non-hydrogen) atoms. The van der Waals surface area contributed by atoms with Crippen LogP contribution in [0.5, 0.6) is 0 Å². The van der Waals surface area contributed by atoms with Crippen LogP contribution in [0, 0.1) is 19.7 Å². The molecule has 9 heteroatoms. The number of unbranched alkanes of at least 4 members (excludes halogenated alkanes) is 1. The van der Waals surface area contributed by atoms with E-state index in [1.54, 1.807) is 62.4 Å². The number of nitrogens with zero attached hydrogens (tertiary/aromatic N) is 2. The highest BCUT2D eigenvalue weighted by atomic mass is 32.2. The van der Waals surface area contributed by atoms with Crippen molar-refractivity contribution in [3.8, 4) is 0 Å². The maximum atomic E-state index is 14.6. The Bertz CT molecular complexity index is 1400. The van der Waals surface area contributed by atoms with Gasteiger partial charge >= 0.3 is 0 Å². The van der Waals surface area contributed by atoms with Crippen molar-refractivity contribution in [1.29, 1.82) is 0 Å². The zero-order chi connectivity index (χ0) is 28.6. The van der Waals surface area contributed by atoms with Crippen molar-refractivity contribution < 1.29 is 22.4 Å². The van der Waals surface area contributed by atoms with Crippen LogP contribution < -0.4 is 9.62 Å². The molecule has 0 unspecified atom stereocenters. The SMILES string of the molecule is CCCCNC(=O)[C@@H](C)N(Cc1ccccc1F)C(=O)CN(c1cc(C)ccc1C)S(=O)(=O)c1ccccc1. The minimum atomic E-state index is -4.16. The number of rotatable bonds is 12. The number of nitrogens with one attached hydrogen (secondary N) is 1. The van der Waals surface area contributed by atoms with Crippen molar-refractivity contribution in [3.05, 3.63) is 95.3 Å². The van der Waals surface area contributed by atoms with Gasteiger partial charge in [0.2, 0.25) is 11.8 Å². The molecule has 0 saturated heterocycles. The van der Waals surface area contributed by atoms with Gasteiger partial charge in [-0.2, -0.15) is 0 Å². The van der Waals surface area contributed by atoms with E-state index in [0.29, 0.717) is 17.8 Å². The molecule has 0 aliphatic rings. The van der Waals surface area contributed by atoms with Gasteiger partial charge in [-0.1, -0.05) is 61.9 Å². The monoisotopic (exact) mass is 553 g/mol. The molecule has 2 amide bonds. The Kier molecular flexibility index (Phi) is 10.2. The summed E-state index contributed by atoms with van der Waals surface area (Å²) >= 11 is 0. The van der Waals surface area contributed by atoms with Crippen LogP contribution in [-0.2, 0) is 26.2 Å². The van der Waals surface area contributed by atoms with E-state index in [4.69, 9.17) is 0 Å². The van der Waals surface area contributed by atoms with Crippen molar-refractivity contribution in [3.63, 3.8) is 0 Å². The smallest absolute Gasteiger partial charge is 0.264 e. The summed E-state index contributed by atoms with van der Waals surface area (Å²) in [4.78, 5) is 28.2. The molecule has 3 rings (SSSR count). The number of halogens is 1. The zero-order valence-corrected chi connectivity index (χ0v) is 23.7. The first-order valence-corrected chi connectivity index (χ1v) is 14.5. The van der Waals surface area contributed by atoms with Gasteiger partial charge in [0.1, 0.15) is 18.4 Å². The Balaban J connectivity index is 2.04. The molecule has 0 aliphatic carbocycles. The standard InChI is InChI=1S/C30H36FN3O4S/c1-5-6-18-32-30(36)24(4)33(20-25-12-10-11-15-27(25)31)29(35)21-34(28-19-22(2)16-17-23(28)3)39(37,38)26-13-8-7-9-14-26/h7-17,19,24H,5-6,18,20-21H2,1-4H3,(H,32,36)/t24-/m1/s1. The van der Waals surface area contributed by atoms with Gasteiger partial charge in [-0.15, -0.1) is 0 Å². The van der Waals surface area contributed by atoms with E-state index in [-0.39, 0.29) is 17.0 Å². The Morgan fingerprint density at radius 2 is 1.64 bits per heavy atom. The van der Waals surface area contributed by atoms with Crippen LogP contribution in [0.1, 0.15) is 43.4 Å². The number of amides is 2. The fraction of sp³-hybridized carbons (Fsp3) is 0.333. The van der Waals surface area contributed by atoms with Crippen molar-refractivity contribution >= 4 is 27.5 Å². The predicted octanol–water partition coefficient (Wildman–Crippen LogP) is 4.97. The van der Waals surface area contributed by atoms with E-state index in [1.165, 1.54) is 23.1 Å². The van der Waals surface area contributed by atoms with Gasteiger partial charge in [0.05, 0.1) is 10.6 Å². The topological polar surface area (TPSA) is 86.8 Å². The van der Waals surface area contributed by atoms with Gasteiger partial charge in [-0.3, -0.25) is 13.9 Å². The number of hydrogen-bond donors (Lipinski definition) is 1. The molecule has 1 N–H and O–H groups in total. The first kappa shape index (κ1) is 29.8. The molecule has 0 aromatic heterocycles. The van der Waals surface area contributed by atoms with Gasteiger partial charge in [-0.05, 0) is 62.6 Å². The molecule has 0 heterocycles. The largest absolute Gasteiger partial charge is 0.354 e. The molecule has 1 atom stereocenters. The number of sulfonamides is 1. The third kappa shape index (κ3) is 7.44. The lowest BCUT2D eigenvalue weighted by atomic mass is 10.1. The summed E-state index contributed by atoms with van der Waals surface area (Å²) in [6.45, 7) is 6.85. The highest BCUT2D eigenvalue weighted by molar-refractivity contribution is 7.92. The summed E-state index contributed by atoms with van der Waals surface area (Å²) in [5, 5.41) is 2.82. The van der Waals surface area contributed by atoms with Gasteiger partial charge in [0, 0.05) is 18.7 Å². The van der Waals surface area contributed by atoms with Crippen LogP contribution in [0.15, 0.2) is 77.7 Å².